The minimum atomic E-state index is 0.244. The van der Waals surface area contributed by atoms with Crippen LogP contribution in [0.15, 0.2) is 30.3 Å². The first kappa shape index (κ1) is 9.91. The van der Waals surface area contributed by atoms with Crippen molar-refractivity contribution in [3.63, 3.8) is 0 Å². The Hall–Kier alpha value is -1.28. The maximum atomic E-state index is 6.14. The van der Waals surface area contributed by atoms with E-state index in [1.807, 2.05) is 0 Å². The summed E-state index contributed by atoms with van der Waals surface area (Å²) in [6, 6.07) is 11.1. The molecule has 3 rings (SSSR count). The molecule has 0 amide bonds. The minimum absolute atomic E-state index is 0.244. The Labute approximate surface area is 96.1 Å². The number of hydrogen-bond donors (Lipinski definition) is 1. The molecular weight excluding hydrogens is 196 g/mol. The summed E-state index contributed by atoms with van der Waals surface area (Å²) in [7, 11) is 2.15. The Morgan fingerprint density at radius 1 is 1.31 bits per heavy atom. The number of hydrogen-bond acceptors (Lipinski definition) is 1. The Morgan fingerprint density at radius 3 is 2.56 bits per heavy atom. The smallest absolute Gasteiger partial charge is 0.0480 e. The molecule has 1 saturated carbocycles. The first-order valence-electron chi connectivity index (χ1n) is 5.96. The molecule has 2 nitrogen and oxygen atoms in total. The van der Waals surface area contributed by atoms with Gasteiger partial charge in [-0.2, -0.15) is 0 Å². The molecule has 1 aliphatic rings. The number of aromatic nitrogens is 1. The number of rotatable bonds is 2. The second-order valence-electron chi connectivity index (χ2n) is 5.09. The van der Waals surface area contributed by atoms with Gasteiger partial charge in [0.15, 0.2) is 0 Å². The topological polar surface area (TPSA) is 30.9 Å². The van der Waals surface area contributed by atoms with Crippen LogP contribution in [0.3, 0.4) is 0 Å². The van der Waals surface area contributed by atoms with E-state index in [-0.39, 0.29) is 11.5 Å². The molecule has 0 bridgehead atoms. The normalized spacial score (nSPS) is 19.9. The zero-order valence-corrected chi connectivity index (χ0v) is 9.90. The van der Waals surface area contributed by atoms with Gasteiger partial charge in [0.05, 0.1) is 0 Å². The van der Waals surface area contributed by atoms with Gasteiger partial charge >= 0.3 is 0 Å². The first-order valence-corrected chi connectivity index (χ1v) is 5.96. The third-order valence-corrected chi connectivity index (χ3v) is 4.12. The Kier molecular flexibility index (Phi) is 1.93. The summed E-state index contributed by atoms with van der Waals surface area (Å²) in [5.74, 6) is 0. The molecule has 1 unspecified atom stereocenters. The molecule has 1 aliphatic carbocycles. The van der Waals surface area contributed by atoms with E-state index >= 15 is 0 Å². The number of benzene rings is 1. The van der Waals surface area contributed by atoms with Crippen LogP contribution >= 0.6 is 0 Å². The van der Waals surface area contributed by atoms with Gasteiger partial charge in [0.1, 0.15) is 0 Å². The highest BCUT2D eigenvalue weighted by Crippen LogP contribution is 2.51. The van der Waals surface area contributed by atoms with Crippen molar-refractivity contribution >= 4 is 10.9 Å². The number of aryl methyl sites for hydroxylation is 1. The van der Waals surface area contributed by atoms with Gasteiger partial charge in [0.2, 0.25) is 0 Å². The van der Waals surface area contributed by atoms with Crippen molar-refractivity contribution in [3.8, 4) is 0 Å². The summed E-state index contributed by atoms with van der Waals surface area (Å²) in [6.45, 7) is 2.13. The fraction of sp³-hybridized carbons (Fsp3) is 0.429. The molecule has 2 aromatic rings. The Balaban J connectivity index is 2.22. The van der Waals surface area contributed by atoms with Gasteiger partial charge in [-0.15, -0.1) is 0 Å². The molecule has 1 aromatic carbocycles. The molecule has 1 heterocycles. The van der Waals surface area contributed by atoms with Crippen LogP contribution in [0.4, 0.5) is 0 Å². The van der Waals surface area contributed by atoms with Crippen LogP contribution in [-0.4, -0.2) is 10.6 Å². The van der Waals surface area contributed by atoms with Gasteiger partial charge in [0, 0.05) is 29.7 Å². The summed E-state index contributed by atoms with van der Waals surface area (Å²) in [5.41, 5.74) is 9.10. The van der Waals surface area contributed by atoms with Crippen molar-refractivity contribution < 1.29 is 0 Å². The third kappa shape index (κ3) is 1.17. The quantitative estimate of drug-likeness (QED) is 0.818. The van der Waals surface area contributed by atoms with Crippen LogP contribution in [-0.2, 0) is 12.5 Å². The number of para-hydroxylation sites is 1. The van der Waals surface area contributed by atoms with Crippen molar-refractivity contribution in [1.29, 1.82) is 0 Å². The van der Waals surface area contributed by atoms with E-state index in [0.29, 0.717) is 0 Å². The van der Waals surface area contributed by atoms with E-state index in [1.165, 1.54) is 29.4 Å². The van der Waals surface area contributed by atoms with Gasteiger partial charge in [-0.25, -0.2) is 0 Å². The second-order valence-corrected chi connectivity index (χ2v) is 5.09. The van der Waals surface area contributed by atoms with E-state index in [1.54, 1.807) is 0 Å². The number of nitrogens with two attached hydrogens (primary N) is 1. The van der Waals surface area contributed by atoms with Crippen molar-refractivity contribution in [2.24, 2.45) is 12.8 Å². The van der Waals surface area contributed by atoms with Crippen LogP contribution in [0.2, 0.25) is 0 Å². The summed E-state index contributed by atoms with van der Waals surface area (Å²) in [6.07, 6.45) is 2.46. The molecule has 1 fully saturated rings. The van der Waals surface area contributed by atoms with Crippen LogP contribution < -0.4 is 5.73 Å². The molecule has 84 valence electrons. The van der Waals surface area contributed by atoms with Crippen LogP contribution in [0.25, 0.3) is 10.9 Å². The third-order valence-electron chi connectivity index (χ3n) is 4.12. The van der Waals surface area contributed by atoms with Crippen LogP contribution in [0.1, 0.15) is 25.5 Å². The average molecular weight is 214 g/mol. The number of fused-ring (bicyclic) bond motifs is 1. The second kappa shape index (κ2) is 3.11. The highest BCUT2D eigenvalue weighted by molar-refractivity contribution is 5.81. The van der Waals surface area contributed by atoms with Crippen LogP contribution in [0.5, 0.6) is 0 Å². The summed E-state index contributed by atoms with van der Waals surface area (Å²) in [5, 5.41) is 1.33. The SMILES string of the molecule is CC(N)C1(c2cc3ccccc3n2C)CC1. The number of nitrogens with zero attached hydrogens (tertiary/aromatic N) is 1. The standard InChI is InChI=1S/C14H18N2/c1-10(15)14(7-8-14)13-9-11-5-3-4-6-12(11)16(13)2/h3-6,9-10H,7-8,15H2,1-2H3. The van der Waals surface area contributed by atoms with Crippen molar-refractivity contribution in [2.75, 3.05) is 0 Å². The molecule has 0 aliphatic heterocycles. The lowest BCUT2D eigenvalue weighted by Gasteiger charge is -2.20. The van der Waals surface area contributed by atoms with Gasteiger partial charge < -0.3 is 10.3 Å². The molecule has 16 heavy (non-hydrogen) atoms. The fourth-order valence-electron chi connectivity index (χ4n) is 2.85. The molecule has 0 radical (unpaired) electrons. The van der Waals surface area contributed by atoms with Crippen molar-refractivity contribution in [2.45, 2.75) is 31.2 Å². The van der Waals surface area contributed by atoms with Crippen molar-refractivity contribution in [3.05, 3.63) is 36.0 Å². The summed E-state index contributed by atoms with van der Waals surface area (Å²) in [4.78, 5) is 0. The van der Waals surface area contributed by atoms with E-state index in [2.05, 4.69) is 48.9 Å². The van der Waals surface area contributed by atoms with E-state index in [4.69, 9.17) is 5.73 Å². The molecule has 2 heteroatoms. The van der Waals surface area contributed by atoms with E-state index < -0.39 is 0 Å². The maximum Gasteiger partial charge on any atom is 0.0480 e. The predicted molar refractivity (Wildman–Crippen MR) is 67.5 cm³/mol. The van der Waals surface area contributed by atoms with Gasteiger partial charge in [-0.05, 0) is 37.3 Å². The highest BCUT2D eigenvalue weighted by atomic mass is 15.0. The highest BCUT2D eigenvalue weighted by Gasteiger charge is 2.49. The lowest BCUT2D eigenvalue weighted by atomic mass is 9.94. The van der Waals surface area contributed by atoms with Gasteiger partial charge in [-0.1, -0.05) is 18.2 Å². The van der Waals surface area contributed by atoms with Crippen LogP contribution in [0, 0.1) is 0 Å². The molecule has 0 spiro atoms. The lowest BCUT2D eigenvalue weighted by molar-refractivity contribution is 0.527. The van der Waals surface area contributed by atoms with E-state index in [9.17, 15) is 0 Å². The largest absolute Gasteiger partial charge is 0.347 e. The summed E-state index contributed by atoms with van der Waals surface area (Å²) < 4.78 is 2.31. The van der Waals surface area contributed by atoms with E-state index in [0.717, 1.165) is 0 Å². The molecule has 1 aromatic heterocycles. The van der Waals surface area contributed by atoms with Gasteiger partial charge in [0.25, 0.3) is 0 Å². The predicted octanol–water partition coefficient (Wildman–Crippen LogP) is 2.56. The zero-order valence-electron chi connectivity index (χ0n) is 9.90. The lowest BCUT2D eigenvalue weighted by Crippen LogP contribution is -2.33. The molecule has 2 N–H and O–H groups in total. The van der Waals surface area contributed by atoms with Gasteiger partial charge in [-0.3, -0.25) is 0 Å². The average Bonchev–Trinajstić information content (AvgIpc) is 3.01. The molecular formula is C14H18N2. The fourth-order valence-corrected chi connectivity index (χ4v) is 2.85. The zero-order chi connectivity index (χ0) is 11.3. The van der Waals surface area contributed by atoms with Crippen molar-refractivity contribution in [1.82, 2.24) is 4.57 Å². The summed E-state index contributed by atoms with van der Waals surface area (Å²) >= 11 is 0. The molecule has 1 atom stereocenters. The first-order chi connectivity index (χ1) is 7.65. The molecule has 0 saturated heterocycles. The minimum Gasteiger partial charge on any atom is -0.347 e. The Morgan fingerprint density at radius 2 is 2.00 bits per heavy atom. The Bertz CT molecular complexity index is 533. The maximum absolute atomic E-state index is 6.14. The monoisotopic (exact) mass is 214 g/mol.